The maximum absolute atomic E-state index is 6.18. The molecule has 4 heteroatoms. The molecule has 2 N–H and O–H groups in total. The lowest BCUT2D eigenvalue weighted by molar-refractivity contribution is 0.178. The largest absolute Gasteiger partial charge is 0.412 e. The summed E-state index contributed by atoms with van der Waals surface area (Å²) >= 11 is 12.3. The standard InChI is InChI=1S/C40H56Cl2.CH4.H2O.H3P/c1-30(35-16-12-13-32(27-35)29-42)21-25-39(5,6)37(34-19-17-31(28-41)18-20-34)23-26-40(7,8)36(22-24-38(2,3)4)33-14-10-9-11-15-33;;;/h9-20,27,30,36-37H,21-26,28-29H2,1-8H3;1H4;1H2;1H3. The lowest BCUT2D eigenvalue weighted by Crippen LogP contribution is -2.28. The first-order valence-corrected chi connectivity index (χ1v) is 17.2. The minimum atomic E-state index is 0. The lowest BCUT2D eigenvalue weighted by Gasteiger charge is -2.41. The second-order valence-corrected chi connectivity index (χ2v) is 15.9. The fourth-order valence-electron chi connectivity index (χ4n) is 6.72. The fourth-order valence-corrected chi connectivity index (χ4v) is 7.07. The van der Waals surface area contributed by atoms with Gasteiger partial charge in [-0.1, -0.05) is 142 Å². The topological polar surface area (TPSA) is 31.5 Å². The van der Waals surface area contributed by atoms with Crippen LogP contribution in [0.15, 0.2) is 78.9 Å². The predicted molar refractivity (Wildman–Crippen MR) is 209 cm³/mol. The molecule has 0 aromatic heterocycles. The number of hydrogen-bond donors (Lipinski definition) is 0. The van der Waals surface area contributed by atoms with Crippen molar-refractivity contribution in [3.05, 3.63) is 107 Å². The van der Waals surface area contributed by atoms with E-state index in [0.29, 0.717) is 34.9 Å². The minimum absolute atomic E-state index is 0. The van der Waals surface area contributed by atoms with Crippen molar-refractivity contribution >= 4 is 33.1 Å². The highest BCUT2D eigenvalue weighted by Crippen LogP contribution is 2.49. The Morgan fingerprint density at radius 3 is 1.53 bits per heavy atom. The van der Waals surface area contributed by atoms with Crippen molar-refractivity contribution in [2.75, 3.05) is 0 Å². The second-order valence-electron chi connectivity index (χ2n) is 15.3. The summed E-state index contributed by atoms with van der Waals surface area (Å²) in [7, 11) is 0. The number of hydrogen-bond acceptors (Lipinski definition) is 0. The van der Waals surface area contributed by atoms with Crippen molar-refractivity contribution in [1.29, 1.82) is 0 Å². The summed E-state index contributed by atoms with van der Waals surface area (Å²) in [4.78, 5) is 0. The van der Waals surface area contributed by atoms with Crippen LogP contribution in [-0.2, 0) is 11.8 Å². The Bertz CT molecular complexity index is 1210. The van der Waals surface area contributed by atoms with Crippen LogP contribution in [0.3, 0.4) is 0 Å². The first-order valence-electron chi connectivity index (χ1n) is 16.1. The molecule has 45 heavy (non-hydrogen) atoms. The summed E-state index contributed by atoms with van der Waals surface area (Å²) in [6.45, 7) is 19.5. The molecule has 3 rings (SSSR count). The summed E-state index contributed by atoms with van der Waals surface area (Å²) in [5.74, 6) is 2.65. The van der Waals surface area contributed by atoms with Crippen LogP contribution in [-0.4, -0.2) is 5.48 Å². The number of alkyl halides is 2. The van der Waals surface area contributed by atoms with Crippen molar-refractivity contribution in [2.24, 2.45) is 16.2 Å². The average molecular weight is 676 g/mol. The monoisotopic (exact) mass is 674 g/mol. The van der Waals surface area contributed by atoms with Crippen LogP contribution in [0.4, 0.5) is 0 Å². The molecule has 0 heterocycles. The normalized spacial score (nSPS) is 13.9. The van der Waals surface area contributed by atoms with Crippen molar-refractivity contribution in [1.82, 2.24) is 0 Å². The van der Waals surface area contributed by atoms with Gasteiger partial charge in [-0.3, -0.25) is 0 Å². The highest BCUT2D eigenvalue weighted by molar-refractivity contribution is 6.92. The van der Waals surface area contributed by atoms with Crippen molar-refractivity contribution in [3.63, 3.8) is 0 Å². The molecule has 0 amide bonds. The summed E-state index contributed by atoms with van der Waals surface area (Å²) < 4.78 is 0. The lowest BCUT2D eigenvalue weighted by atomic mass is 9.64. The molecule has 0 saturated heterocycles. The van der Waals surface area contributed by atoms with Gasteiger partial charge in [-0.15, -0.1) is 23.2 Å². The van der Waals surface area contributed by atoms with Gasteiger partial charge < -0.3 is 5.48 Å². The van der Waals surface area contributed by atoms with E-state index in [4.69, 9.17) is 23.2 Å². The Morgan fingerprint density at radius 1 is 0.556 bits per heavy atom. The Balaban J connectivity index is 0.00000645. The molecule has 0 aliphatic carbocycles. The molecule has 4 unspecified atom stereocenters. The highest BCUT2D eigenvalue weighted by atomic mass is 35.5. The van der Waals surface area contributed by atoms with Crippen LogP contribution >= 0.6 is 33.1 Å². The van der Waals surface area contributed by atoms with Gasteiger partial charge in [0.2, 0.25) is 0 Å². The first-order chi connectivity index (χ1) is 19.8. The van der Waals surface area contributed by atoms with Crippen LogP contribution in [0.5, 0.6) is 0 Å². The Labute approximate surface area is 291 Å². The Hall–Kier alpha value is -1.37. The summed E-state index contributed by atoms with van der Waals surface area (Å²) in [6, 6.07) is 29.2. The quantitative estimate of drug-likeness (QED) is 0.113. The zero-order valence-corrected chi connectivity index (χ0v) is 31.8. The Kier molecular flexibility index (Phi) is 18.9. The van der Waals surface area contributed by atoms with Gasteiger partial charge in [-0.25, -0.2) is 0 Å². The van der Waals surface area contributed by atoms with Gasteiger partial charge in [0.25, 0.3) is 0 Å². The van der Waals surface area contributed by atoms with E-state index < -0.39 is 0 Å². The molecule has 3 aromatic carbocycles. The summed E-state index contributed by atoms with van der Waals surface area (Å²) in [5, 5.41) is 0. The molecule has 0 spiro atoms. The fraction of sp³-hybridized carbons (Fsp3) is 0.561. The summed E-state index contributed by atoms with van der Waals surface area (Å²) in [5.41, 5.74) is 7.41. The molecule has 1 nitrogen and oxygen atoms in total. The molecule has 0 radical (unpaired) electrons. The van der Waals surface area contributed by atoms with E-state index in [9.17, 15) is 0 Å². The maximum Gasteiger partial charge on any atom is 0.0474 e. The highest BCUT2D eigenvalue weighted by Gasteiger charge is 2.36. The van der Waals surface area contributed by atoms with Crippen LogP contribution in [0, 0.1) is 16.2 Å². The SMILES string of the molecule is C.CC(CCC(C)(C)C(CCC(C)(C)C(CCC(C)(C)C)c1ccccc1)c1ccc(CCl)cc1)c1cccc(CCl)c1.O.P. The first kappa shape index (κ1) is 43.6. The smallest absolute Gasteiger partial charge is 0.0474 e. The average Bonchev–Trinajstić information content (AvgIpc) is 2.96. The zero-order valence-electron chi connectivity index (χ0n) is 28.9. The maximum atomic E-state index is 6.18. The third kappa shape index (κ3) is 13.3. The van der Waals surface area contributed by atoms with Crippen LogP contribution < -0.4 is 0 Å². The van der Waals surface area contributed by atoms with Gasteiger partial charge in [0.05, 0.1) is 0 Å². The van der Waals surface area contributed by atoms with Gasteiger partial charge >= 0.3 is 0 Å². The molecule has 0 aliphatic heterocycles. The van der Waals surface area contributed by atoms with Crippen molar-refractivity contribution < 1.29 is 5.48 Å². The van der Waals surface area contributed by atoms with E-state index in [0.717, 1.165) is 6.42 Å². The van der Waals surface area contributed by atoms with Crippen LogP contribution in [0.2, 0.25) is 0 Å². The second kappa shape index (κ2) is 19.5. The van der Waals surface area contributed by atoms with E-state index in [-0.39, 0.29) is 33.6 Å². The molecule has 254 valence electrons. The van der Waals surface area contributed by atoms with Crippen LogP contribution in [0.25, 0.3) is 0 Å². The predicted octanol–water partition coefficient (Wildman–Crippen LogP) is 13.1. The third-order valence-electron chi connectivity index (χ3n) is 9.78. The molecule has 3 aromatic rings. The minimum Gasteiger partial charge on any atom is -0.412 e. The van der Waals surface area contributed by atoms with Crippen molar-refractivity contribution in [2.45, 2.75) is 131 Å². The van der Waals surface area contributed by atoms with Crippen LogP contribution in [0.1, 0.15) is 147 Å². The van der Waals surface area contributed by atoms with E-state index in [1.807, 2.05) is 0 Å². The number of rotatable bonds is 15. The number of halogens is 2. The van der Waals surface area contributed by atoms with Gasteiger partial charge in [0.1, 0.15) is 0 Å². The van der Waals surface area contributed by atoms with E-state index in [2.05, 4.69) is 134 Å². The molecule has 0 aliphatic rings. The molecule has 0 fully saturated rings. The van der Waals surface area contributed by atoms with Gasteiger partial charge in [-0.2, -0.15) is 9.90 Å². The van der Waals surface area contributed by atoms with Gasteiger partial charge in [0, 0.05) is 11.8 Å². The summed E-state index contributed by atoms with van der Waals surface area (Å²) in [6.07, 6.45) is 7.15. The number of benzene rings is 3. The van der Waals surface area contributed by atoms with E-state index >= 15 is 0 Å². The van der Waals surface area contributed by atoms with E-state index in [1.54, 1.807) is 0 Å². The molecule has 4 atom stereocenters. The van der Waals surface area contributed by atoms with Gasteiger partial charge in [0.15, 0.2) is 0 Å². The molecule has 0 bridgehead atoms. The molecular formula is C41H65Cl2OP. The molecular weight excluding hydrogens is 610 g/mol. The zero-order chi connectivity index (χ0) is 31.0. The molecule has 0 saturated carbocycles. The van der Waals surface area contributed by atoms with E-state index in [1.165, 1.54) is 59.9 Å². The van der Waals surface area contributed by atoms with Gasteiger partial charge in [-0.05, 0) is 100 Å². The van der Waals surface area contributed by atoms with Crippen molar-refractivity contribution in [3.8, 4) is 0 Å². The Morgan fingerprint density at radius 2 is 1.02 bits per heavy atom. The third-order valence-corrected chi connectivity index (χ3v) is 10.4.